The number of hydrogen-bond acceptors (Lipinski definition) is 6. The Hall–Kier alpha value is -3.18. The number of hydrogen-bond donors (Lipinski definition) is 0. The molecule has 1 saturated heterocycles. The fourth-order valence-electron chi connectivity index (χ4n) is 5.15. The van der Waals surface area contributed by atoms with Gasteiger partial charge < -0.3 is 9.80 Å². The zero-order chi connectivity index (χ0) is 28.4. The number of sulfonamides is 1. The third-order valence-electron chi connectivity index (χ3n) is 7.33. The summed E-state index contributed by atoms with van der Waals surface area (Å²) in [5.41, 5.74) is 2.58. The van der Waals surface area contributed by atoms with Crippen molar-refractivity contribution in [1.82, 2.24) is 4.90 Å². The standard InChI is InChI=1S/C31H28BrN3O3S3/c32-26-14-21-40-30(26)31(36)34-18-16-33(17-19-34)27-8-4-5-9-28(27)35(15-12-23-6-2-1-3-7-23)41(37,38)25-11-10-24-13-20-39-29(24)22-25/h1-11,13-14,20-22H,12,15-19H2. The van der Waals surface area contributed by atoms with Crippen LogP contribution in [0.3, 0.4) is 0 Å². The summed E-state index contributed by atoms with van der Waals surface area (Å²) in [6, 6.07) is 26.9. The second-order valence-electron chi connectivity index (χ2n) is 9.80. The lowest BCUT2D eigenvalue weighted by Gasteiger charge is -2.38. The summed E-state index contributed by atoms with van der Waals surface area (Å²) < 4.78 is 32.0. The van der Waals surface area contributed by atoms with Crippen molar-refractivity contribution in [1.29, 1.82) is 0 Å². The minimum absolute atomic E-state index is 0.0239. The fourth-order valence-corrected chi connectivity index (χ4v) is 9.07. The van der Waals surface area contributed by atoms with E-state index < -0.39 is 10.0 Å². The normalized spacial score (nSPS) is 14.0. The molecular formula is C31H28BrN3O3S3. The largest absolute Gasteiger partial charge is 0.366 e. The third kappa shape index (κ3) is 5.79. The smallest absolute Gasteiger partial charge is 0.265 e. The number of rotatable bonds is 8. The molecule has 0 bridgehead atoms. The van der Waals surface area contributed by atoms with Crippen LogP contribution in [0.4, 0.5) is 11.4 Å². The number of halogens is 1. The van der Waals surface area contributed by atoms with Crippen molar-refractivity contribution in [2.75, 3.05) is 41.9 Å². The lowest BCUT2D eigenvalue weighted by molar-refractivity contribution is 0.0751. The van der Waals surface area contributed by atoms with Crippen molar-refractivity contribution < 1.29 is 13.2 Å². The van der Waals surface area contributed by atoms with Crippen LogP contribution in [0.1, 0.15) is 15.2 Å². The van der Waals surface area contributed by atoms with Crippen molar-refractivity contribution in [3.63, 3.8) is 0 Å². The average molecular weight is 667 g/mol. The molecule has 210 valence electrons. The number of carbonyl (C=O) groups excluding carboxylic acids is 1. The van der Waals surface area contributed by atoms with Gasteiger partial charge in [0.15, 0.2) is 0 Å². The zero-order valence-electron chi connectivity index (χ0n) is 22.1. The van der Waals surface area contributed by atoms with Crippen LogP contribution in [0.2, 0.25) is 0 Å². The van der Waals surface area contributed by atoms with Gasteiger partial charge in [0.1, 0.15) is 4.88 Å². The Kier molecular flexibility index (Phi) is 8.16. The van der Waals surface area contributed by atoms with Crippen LogP contribution in [-0.4, -0.2) is 51.9 Å². The molecular weight excluding hydrogens is 638 g/mol. The Bertz CT molecular complexity index is 1780. The molecule has 0 saturated carbocycles. The van der Waals surface area contributed by atoms with E-state index in [0.29, 0.717) is 49.7 Å². The molecule has 1 aliphatic rings. The molecule has 6 nitrogen and oxygen atoms in total. The van der Waals surface area contributed by atoms with Crippen LogP contribution in [0.25, 0.3) is 10.1 Å². The lowest BCUT2D eigenvalue weighted by atomic mass is 10.1. The maximum atomic E-state index is 14.3. The summed E-state index contributed by atoms with van der Waals surface area (Å²) in [6.45, 7) is 2.64. The number of para-hydroxylation sites is 2. The van der Waals surface area contributed by atoms with E-state index in [1.54, 1.807) is 16.4 Å². The first kappa shape index (κ1) is 28.0. The Morgan fingerprint density at radius 1 is 0.854 bits per heavy atom. The summed E-state index contributed by atoms with van der Waals surface area (Å²) >= 11 is 6.45. The van der Waals surface area contributed by atoms with Crippen molar-refractivity contribution in [3.8, 4) is 0 Å². The molecule has 5 aromatic rings. The van der Waals surface area contributed by atoms with Gasteiger partial charge in [0.05, 0.1) is 16.3 Å². The predicted octanol–water partition coefficient (Wildman–Crippen LogP) is 7.13. The first-order valence-corrected chi connectivity index (χ1v) is 17.3. The topological polar surface area (TPSA) is 60.9 Å². The number of nitrogens with zero attached hydrogens (tertiary/aromatic N) is 3. The van der Waals surface area contributed by atoms with Crippen molar-refractivity contribution in [2.24, 2.45) is 0 Å². The molecule has 1 aliphatic heterocycles. The van der Waals surface area contributed by atoms with E-state index in [-0.39, 0.29) is 10.8 Å². The second kappa shape index (κ2) is 12.0. The fraction of sp³-hybridized carbons (Fsp3) is 0.194. The molecule has 0 atom stereocenters. The highest BCUT2D eigenvalue weighted by Gasteiger charge is 2.30. The third-order valence-corrected chi connectivity index (χ3v) is 11.8. The van der Waals surface area contributed by atoms with Crippen LogP contribution in [0.15, 0.2) is 105 Å². The van der Waals surface area contributed by atoms with Gasteiger partial charge in [0.25, 0.3) is 15.9 Å². The van der Waals surface area contributed by atoms with Gasteiger partial charge in [-0.25, -0.2) is 8.42 Å². The number of fused-ring (bicyclic) bond motifs is 1. The molecule has 1 fully saturated rings. The van der Waals surface area contributed by atoms with E-state index in [1.165, 1.54) is 22.7 Å². The van der Waals surface area contributed by atoms with Gasteiger partial charge in [-0.2, -0.15) is 0 Å². The number of piperazine rings is 1. The predicted molar refractivity (Wildman–Crippen MR) is 173 cm³/mol. The van der Waals surface area contributed by atoms with Crippen LogP contribution >= 0.6 is 38.6 Å². The molecule has 10 heteroatoms. The van der Waals surface area contributed by atoms with Gasteiger partial charge in [-0.05, 0) is 80.5 Å². The van der Waals surface area contributed by atoms with Gasteiger partial charge in [0, 0.05) is 41.9 Å². The van der Waals surface area contributed by atoms with E-state index in [0.717, 1.165) is 25.8 Å². The summed E-state index contributed by atoms with van der Waals surface area (Å²) in [6.07, 6.45) is 0.577. The zero-order valence-corrected chi connectivity index (χ0v) is 26.2. The molecule has 3 aromatic carbocycles. The van der Waals surface area contributed by atoms with E-state index in [1.807, 2.05) is 88.5 Å². The first-order valence-electron chi connectivity index (χ1n) is 13.3. The summed E-state index contributed by atoms with van der Waals surface area (Å²) in [5.74, 6) is 0.0239. The molecule has 0 spiro atoms. The molecule has 0 unspecified atom stereocenters. The highest BCUT2D eigenvalue weighted by Crippen LogP contribution is 2.35. The van der Waals surface area contributed by atoms with Crippen LogP contribution in [-0.2, 0) is 16.4 Å². The van der Waals surface area contributed by atoms with E-state index >= 15 is 0 Å². The highest BCUT2D eigenvalue weighted by molar-refractivity contribution is 9.10. The highest BCUT2D eigenvalue weighted by atomic mass is 79.9. The first-order chi connectivity index (χ1) is 19.9. The molecule has 1 amide bonds. The lowest BCUT2D eigenvalue weighted by Crippen LogP contribution is -2.49. The summed E-state index contributed by atoms with van der Waals surface area (Å²) in [4.78, 5) is 18.1. The average Bonchev–Trinajstić information content (AvgIpc) is 3.66. The van der Waals surface area contributed by atoms with E-state index in [4.69, 9.17) is 0 Å². The van der Waals surface area contributed by atoms with Crippen molar-refractivity contribution in [2.45, 2.75) is 11.3 Å². The van der Waals surface area contributed by atoms with Crippen LogP contribution in [0, 0.1) is 0 Å². The monoisotopic (exact) mass is 665 g/mol. The van der Waals surface area contributed by atoms with Gasteiger partial charge in [-0.15, -0.1) is 22.7 Å². The Morgan fingerprint density at radius 3 is 2.34 bits per heavy atom. The Labute approximate surface area is 256 Å². The quantitative estimate of drug-likeness (QED) is 0.177. The molecule has 0 aliphatic carbocycles. The minimum atomic E-state index is -3.87. The molecule has 0 N–H and O–H groups in total. The van der Waals surface area contributed by atoms with Gasteiger partial charge in [-0.3, -0.25) is 9.10 Å². The maximum Gasteiger partial charge on any atom is 0.265 e. The number of benzene rings is 3. The summed E-state index contributed by atoms with van der Waals surface area (Å²) in [7, 11) is -3.87. The molecule has 3 heterocycles. The molecule has 6 rings (SSSR count). The van der Waals surface area contributed by atoms with E-state index in [9.17, 15) is 13.2 Å². The summed E-state index contributed by atoms with van der Waals surface area (Å²) in [5, 5.41) is 4.92. The number of anilines is 2. The van der Waals surface area contributed by atoms with Crippen molar-refractivity contribution in [3.05, 3.63) is 111 Å². The Balaban J connectivity index is 1.31. The SMILES string of the molecule is O=C(c1sccc1Br)N1CCN(c2ccccc2N(CCc2ccccc2)S(=O)(=O)c2ccc3ccsc3c2)CC1. The minimum Gasteiger partial charge on any atom is -0.366 e. The maximum absolute atomic E-state index is 14.3. The van der Waals surface area contributed by atoms with Gasteiger partial charge in [0.2, 0.25) is 0 Å². The second-order valence-corrected chi connectivity index (χ2v) is 14.4. The Morgan fingerprint density at radius 2 is 1.59 bits per heavy atom. The van der Waals surface area contributed by atoms with Gasteiger partial charge >= 0.3 is 0 Å². The van der Waals surface area contributed by atoms with Crippen LogP contribution < -0.4 is 9.21 Å². The van der Waals surface area contributed by atoms with Crippen molar-refractivity contribution >= 4 is 76.0 Å². The number of amides is 1. The van der Waals surface area contributed by atoms with Gasteiger partial charge in [-0.1, -0.05) is 48.5 Å². The molecule has 0 radical (unpaired) electrons. The number of carbonyl (C=O) groups is 1. The van der Waals surface area contributed by atoms with E-state index in [2.05, 4.69) is 20.8 Å². The molecule has 2 aromatic heterocycles. The molecule has 41 heavy (non-hydrogen) atoms. The van der Waals surface area contributed by atoms with Crippen LogP contribution in [0.5, 0.6) is 0 Å². The number of thiophene rings is 2.